The Labute approximate surface area is 174 Å². The molecule has 1 saturated carbocycles. The molecule has 0 radical (unpaired) electrons. The average Bonchev–Trinajstić information content (AvgIpc) is 3.37. The van der Waals surface area contributed by atoms with E-state index in [1.807, 2.05) is 0 Å². The van der Waals surface area contributed by atoms with Crippen molar-refractivity contribution in [1.82, 2.24) is 14.7 Å². The number of amides is 1. The number of hydrogen-bond donors (Lipinski definition) is 1. The highest BCUT2D eigenvalue weighted by atomic mass is 19.4. The Bertz CT molecular complexity index is 1050. The summed E-state index contributed by atoms with van der Waals surface area (Å²) in [7, 11) is 3.17. The van der Waals surface area contributed by atoms with E-state index in [0.29, 0.717) is 17.5 Å². The molecule has 0 bridgehead atoms. The van der Waals surface area contributed by atoms with Crippen LogP contribution in [-0.2, 0) is 15.8 Å². The number of halogens is 5. The van der Waals surface area contributed by atoms with Gasteiger partial charge in [0.25, 0.3) is 5.91 Å². The summed E-state index contributed by atoms with van der Waals surface area (Å²) < 4.78 is 69.4. The normalized spacial score (nSPS) is 14.5. The molecule has 1 heterocycles. The van der Waals surface area contributed by atoms with Gasteiger partial charge in [-0.2, -0.15) is 18.3 Å². The summed E-state index contributed by atoms with van der Waals surface area (Å²) in [6.45, 7) is 1.16. The molecule has 166 valence electrons. The fourth-order valence-electron chi connectivity index (χ4n) is 2.99. The van der Waals surface area contributed by atoms with E-state index in [9.17, 15) is 31.5 Å². The molecular formula is C20H19F5N4O2. The van der Waals surface area contributed by atoms with Gasteiger partial charge in [0.05, 0.1) is 5.57 Å². The molecule has 3 rings (SSSR count). The summed E-state index contributed by atoms with van der Waals surface area (Å²) in [5.74, 6) is -4.14. The number of Topliss-reactive ketones (excluding diaryl/α,β-unsaturated/α-hetero) is 1. The second kappa shape index (κ2) is 8.12. The summed E-state index contributed by atoms with van der Waals surface area (Å²) in [6, 6.07) is 2.31. The Hall–Kier alpha value is -3.24. The second-order valence-corrected chi connectivity index (χ2v) is 7.44. The molecule has 1 aliphatic rings. The lowest BCUT2D eigenvalue weighted by atomic mass is 10.1. The number of carbonyl (C=O) groups is 2. The lowest BCUT2D eigenvalue weighted by molar-refractivity contribution is -0.141. The van der Waals surface area contributed by atoms with Crippen LogP contribution >= 0.6 is 0 Å². The lowest BCUT2D eigenvalue weighted by Gasteiger charge is -2.13. The Morgan fingerprint density at radius 3 is 2.19 bits per heavy atom. The molecule has 0 spiro atoms. The van der Waals surface area contributed by atoms with Gasteiger partial charge in [-0.3, -0.25) is 9.59 Å². The quantitative estimate of drug-likeness (QED) is 0.318. The Morgan fingerprint density at radius 1 is 1.16 bits per heavy atom. The van der Waals surface area contributed by atoms with E-state index < -0.39 is 40.9 Å². The van der Waals surface area contributed by atoms with Crippen LogP contribution in [0.3, 0.4) is 0 Å². The Morgan fingerprint density at radius 2 is 1.74 bits per heavy atom. The summed E-state index contributed by atoms with van der Waals surface area (Å²) in [5, 5.41) is 5.60. The number of aromatic nitrogens is 2. The Kier molecular flexibility index (Phi) is 5.88. The van der Waals surface area contributed by atoms with Crippen LogP contribution in [0.4, 0.5) is 27.6 Å². The number of nitrogens with zero attached hydrogens (tertiary/aromatic N) is 3. The number of benzene rings is 1. The standard InChI is InChI=1S/C20H19F5N4O2/c1-10(30)13(9-28(2)3)19(31)26-12-6-14(21)18(15(22)7-12)29-16(11-4-5-11)8-17(27-29)20(23,24)25/h6-9,11H,4-5H2,1-3H3,(H,26,31)/b13-9+. The highest BCUT2D eigenvalue weighted by molar-refractivity contribution is 6.22. The number of rotatable bonds is 6. The fourth-order valence-corrected chi connectivity index (χ4v) is 2.99. The van der Waals surface area contributed by atoms with Gasteiger partial charge < -0.3 is 10.2 Å². The second-order valence-electron chi connectivity index (χ2n) is 7.44. The Balaban J connectivity index is 1.98. The third-order valence-electron chi connectivity index (χ3n) is 4.52. The van der Waals surface area contributed by atoms with E-state index in [1.54, 1.807) is 14.1 Å². The number of anilines is 1. The summed E-state index contributed by atoms with van der Waals surface area (Å²) in [4.78, 5) is 25.4. The number of hydrogen-bond acceptors (Lipinski definition) is 4. The number of ketones is 1. The van der Waals surface area contributed by atoms with Crippen LogP contribution in [0.1, 0.15) is 37.1 Å². The van der Waals surface area contributed by atoms with Crippen molar-refractivity contribution in [3.63, 3.8) is 0 Å². The van der Waals surface area contributed by atoms with E-state index in [0.717, 1.165) is 25.1 Å². The first-order valence-corrected chi connectivity index (χ1v) is 9.25. The maximum Gasteiger partial charge on any atom is 0.435 e. The zero-order valence-electron chi connectivity index (χ0n) is 16.8. The summed E-state index contributed by atoms with van der Waals surface area (Å²) in [5.41, 5.74) is -2.50. The minimum absolute atomic E-state index is 0.0645. The molecule has 0 aliphatic heterocycles. The van der Waals surface area contributed by atoms with Crippen molar-refractivity contribution >= 4 is 17.4 Å². The van der Waals surface area contributed by atoms with Crippen molar-refractivity contribution in [2.45, 2.75) is 31.9 Å². The van der Waals surface area contributed by atoms with Gasteiger partial charge in [0.15, 0.2) is 23.1 Å². The molecule has 1 N–H and O–H groups in total. The maximum absolute atomic E-state index is 14.8. The third-order valence-corrected chi connectivity index (χ3v) is 4.52. The van der Waals surface area contributed by atoms with Crippen molar-refractivity contribution in [3.8, 4) is 5.69 Å². The van der Waals surface area contributed by atoms with Crippen LogP contribution in [0.25, 0.3) is 5.69 Å². The molecule has 1 amide bonds. The van der Waals surface area contributed by atoms with Gasteiger partial charge in [-0.05, 0) is 38.0 Å². The van der Waals surface area contributed by atoms with E-state index in [2.05, 4.69) is 10.4 Å². The molecular weight excluding hydrogens is 423 g/mol. The highest BCUT2D eigenvalue weighted by Gasteiger charge is 2.39. The maximum atomic E-state index is 14.8. The van der Waals surface area contributed by atoms with Crippen molar-refractivity contribution in [2.24, 2.45) is 0 Å². The van der Waals surface area contributed by atoms with Gasteiger partial charge in [-0.25, -0.2) is 13.5 Å². The first-order chi connectivity index (χ1) is 14.4. The largest absolute Gasteiger partial charge is 0.435 e. The molecule has 0 atom stereocenters. The van der Waals surface area contributed by atoms with Crippen LogP contribution in [-0.4, -0.2) is 40.5 Å². The third kappa shape index (κ3) is 4.92. The van der Waals surface area contributed by atoms with Crippen LogP contribution in [0.2, 0.25) is 0 Å². The van der Waals surface area contributed by atoms with Crippen molar-refractivity contribution in [3.05, 3.63) is 53.0 Å². The topological polar surface area (TPSA) is 67.2 Å². The molecule has 1 aliphatic carbocycles. The monoisotopic (exact) mass is 442 g/mol. The van der Waals surface area contributed by atoms with Gasteiger partial charge in [0.2, 0.25) is 0 Å². The lowest BCUT2D eigenvalue weighted by Crippen LogP contribution is -2.22. The van der Waals surface area contributed by atoms with Gasteiger partial charge in [-0.15, -0.1) is 0 Å². The van der Waals surface area contributed by atoms with E-state index in [1.165, 1.54) is 11.1 Å². The van der Waals surface area contributed by atoms with Crippen LogP contribution in [0.15, 0.2) is 30.0 Å². The van der Waals surface area contributed by atoms with E-state index >= 15 is 0 Å². The van der Waals surface area contributed by atoms with Gasteiger partial charge in [0.1, 0.15) is 5.69 Å². The summed E-state index contributed by atoms with van der Waals surface area (Å²) >= 11 is 0. The first kappa shape index (κ1) is 22.4. The zero-order chi connectivity index (χ0) is 23.1. The number of alkyl halides is 3. The van der Waals surface area contributed by atoms with E-state index in [4.69, 9.17) is 0 Å². The van der Waals surface area contributed by atoms with Crippen LogP contribution in [0.5, 0.6) is 0 Å². The molecule has 1 aromatic carbocycles. The SMILES string of the molecule is CC(=O)/C(=C\N(C)C)C(=O)Nc1cc(F)c(-n2nc(C(F)(F)F)cc2C2CC2)c(F)c1. The predicted molar refractivity (Wildman–Crippen MR) is 102 cm³/mol. The molecule has 31 heavy (non-hydrogen) atoms. The molecule has 6 nitrogen and oxygen atoms in total. The van der Waals surface area contributed by atoms with Gasteiger partial charge >= 0.3 is 6.18 Å². The first-order valence-electron chi connectivity index (χ1n) is 9.25. The minimum Gasteiger partial charge on any atom is -0.383 e. The van der Waals surface area contributed by atoms with Crippen LogP contribution < -0.4 is 5.32 Å². The van der Waals surface area contributed by atoms with Gasteiger partial charge in [-0.1, -0.05) is 0 Å². The number of carbonyl (C=O) groups excluding carboxylic acids is 2. The zero-order valence-corrected chi connectivity index (χ0v) is 16.8. The average molecular weight is 442 g/mol. The van der Waals surface area contributed by atoms with Crippen molar-refractivity contribution < 1.29 is 31.5 Å². The molecule has 0 unspecified atom stereocenters. The molecule has 11 heteroatoms. The minimum atomic E-state index is -4.77. The van der Waals surface area contributed by atoms with E-state index in [-0.39, 0.29) is 22.9 Å². The van der Waals surface area contributed by atoms with Gasteiger partial charge in [0, 0.05) is 37.6 Å². The molecule has 1 aromatic heterocycles. The summed E-state index contributed by atoms with van der Waals surface area (Å²) in [6.07, 6.45) is -2.33. The van der Waals surface area contributed by atoms with Crippen LogP contribution in [0, 0.1) is 11.6 Å². The fraction of sp³-hybridized carbons (Fsp3) is 0.350. The van der Waals surface area contributed by atoms with Crippen molar-refractivity contribution in [2.75, 3.05) is 19.4 Å². The molecule has 1 fully saturated rings. The predicted octanol–water partition coefficient (Wildman–Crippen LogP) is 4.02. The molecule has 2 aromatic rings. The van der Waals surface area contributed by atoms with Crippen molar-refractivity contribution in [1.29, 1.82) is 0 Å². The smallest absolute Gasteiger partial charge is 0.383 e. The number of nitrogens with one attached hydrogen (secondary N) is 1. The highest BCUT2D eigenvalue weighted by Crippen LogP contribution is 2.43. The molecule has 0 saturated heterocycles.